The summed E-state index contributed by atoms with van der Waals surface area (Å²) in [5.74, 6) is 0. The molecule has 2 heterocycles. The van der Waals surface area contributed by atoms with Crippen LogP contribution in [0.3, 0.4) is 0 Å². The van der Waals surface area contributed by atoms with Crippen LogP contribution in [0.5, 0.6) is 0 Å². The third-order valence-corrected chi connectivity index (χ3v) is 2.93. The molecule has 0 N–H and O–H groups in total. The van der Waals surface area contributed by atoms with Crippen LogP contribution in [0.15, 0.2) is 28.6 Å². The number of aryl methyl sites for hydroxylation is 1. The van der Waals surface area contributed by atoms with E-state index in [0.717, 1.165) is 0 Å². The molecule has 5 nitrogen and oxygen atoms in total. The van der Waals surface area contributed by atoms with Gasteiger partial charge in [-0.2, -0.15) is 10.4 Å². The molecule has 16 heavy (non-hydrogen) atoms. The third-order valence-electron chi connectivity index (χ3n) is 1.77. The number of aromatic nitrogens is 4. The average Bonchev–Trinajstić information content (AvgIpc) is 2.63. The van der Waals surface area contributed by atoms with Gasteiger partial charge in [0.15, 0.2) is 5.16 Å². The first-order chi connectivity index (χ1) is 7.69. The molecule has 0 saturated heterocycles. The molecule has 0 fully saturated rings. The van der Waals surface area contributed by atoms with Crippen LogP contribution in [-0.4, -0.2) is 19.7 Å². The Morgan fingerprint density at radius 3 is 2.94 bits per heavy atom. The Bertz CT molecular complexity index is 559. The normalized spacial score (nSPS) is 10.1. The van der Waals surface area contributed by atoms with Gasteiger partial charge in [0, 0.05) is 7.05 Å². The molecule has 0 bridgehead atoms. The van der Waals surface area contributed by atoms with Crippen molar-refractivity contribution in [3.05, 3.63) is 29.2 Å². The van der Waals surface area contributed by atoms with Crippen molar-refractivity contribution >= 4 is 23.4 Å². The van der Waals surface area contributed by atoms with E-state index in [2.05, 4.69) is 15.1 Å². The van der Waals surface area contributed by atoms with Crippen molar-refractivity contribution in [3.8, 4) is 6.07 Å². The highest BCUT2D eigenvalue weighted by Gasteiger charge is 2.07. The van der Waals surface area contributed by atoms with Gasteiger partial charge in [-0.25, -0.2) is 14.6 Å². The van der Waals surface area contributed by atoms with Crippen molar-refractivity contribution in [3.63, 3.8) is 0 Å². The summed E-state index contributed by atoms with van der Waals surface area (Å²) < 4.78 is 1.62. The molecule has 2 aromatic rings. The number of halogens is 1. The summed E-state index contributed by atoms with van der Waals surface area (Å²) in [6.45, 7) is 0. The van der Waals surface area contributed by atoms with Crippen molar-refractivity contribution in [1.82, 2.24) is 19.7 Å². The fourth-order valence-corrected chi connectivity index (χ4v) is 2.12. The molecule has 7 heteroatoms. The second-order valence-corrected chi connectivity index (χ2v) is 4.27. The molecule has 0 aliphatic carbocycles. The van der Waals surface area contributed by atoms with E-state index in [0.29, 0.717) is 20.9 Å². The highest BCUT2D eigenvalue weighted by atomic mass is 35.5. The van der Waals surface area contributed by atoms with Crippen LogP contribution in [0, 0.1) is 11.3 Å². The fourth-order valence-electron chi connectivity index (χ4n) is 1.06. The molecule has 2 rings (SSSR count). The summed E-state index contributed by atoms with van der Waals surface area (Å²) in [6.07, 6.45) is 1.46. The van der Waals surface area contributed by atoms with E-state index in [1.165, 1.54) is 24.2 Å². The van der Waals surface area contributed by atoms with Gasteiger partial charge in [0.05, 0.1) is 11.6 Å². The largest absolute Gasteiger partial charge is 0.244 e. The summed E-state index contributed by atoms with van der Waals surface area (Å²) >= 11 is 7.10. The van der Waals surface area contributed by atoms with Gasteiger partial charge in [-0.1, -0.05) is 11.6 Å². The van der Waals surface area contributed by atoms with Gasteiger partial charge in [-0.05, 0) is 23.9 Å². The van der Waals surface area contributed by atoms with Crippen LogP contribution < -0.4 is 0 Å². The Hall–Kier alpha value is -1.58. The van der Waals surface area contributed by atoms with Gasteiger partial charge in [-0.15, -0.1) is 0 Å². The minimum Gasteiger partial charge on any atom is -0.244 e. The smallest absolute Gasteiger partial charge is 0.192 e. The molecule has 0 aliphatic rings. The Kier molecular flexibility index (Phi) is 3.08. The molecule has 0 amide bonds. The van der Waals surface area contributed by atoms with Crippen molar-refractivity contribution in [2.75, 3.05) is 0 Å². The fraction of sp³-hybridized carbons (Fsp3) is 0.111. The number of rotatable bonds is 2. The Morgan fingerprint density at radius 1 is 1.50 bits per heavy atom. The van der Waals surface area contributed by atoms with Gasteiger partial charge < -0.3 is 0 Å². The lowest BCUT2D eigenvalue weighted by Crippen LogP contribution is -1.93. The van der Waals surface area contributed by atoms with Crippen LogP contribution in [0.2, 0.25) is 5.15 Å². The molecule has 0 saturated carbocycles. The van der Waals surface area contributed by atoms with E-state index in [4.69, 9.17) is 16.9 Å². The van der Waals surface area contributed by atoms with Crippen molar-refractivity contribution < 1.29 is 0 Å². The molecular formula is C9H6ClN5S. The van der Waals surface area contributed by atoms with Crippen molar-refractivity contribution in [1.29, 1.82) is 5.26 Å². The third kappa shape index (κ3) is 2.32. The molecule has 0 spiro atoms. The molecule has 0 aromatic carbocycles. The first-order valence-corrected chi connectivity index (χ1v) is 5.48. The predicted molar refractivity (Wildman–Crippen MR) is 59.1 cm³/mol. The second kappa shape index (κ2) is 4.51. The highest BCUT2D eigenvalue weighted by molar-refractivity contribution is 7.99. The lowest BCUT2D eigenvalue weighted by Gasteiger charge is -2.00. The SMILES string of the molecule is Cn1ncnc1Sc1cc(C#N)cc(Cl)n1. The molecule has 0 radical (unpaired) electrons. The average molecular weight is 252 g/mol. The van der Waals surface area contributed by atoms with Crippen LogP contribution in [-0.2, 0) is 7.05 Å². The minimum absolute atomic E-state index is 0.295. The van der Waals surface area contributed by atoms with Gasteiger partial charge in [0.2, 0.25) is 0 Å². The first kappa shape index (κ1) is 10.9. The monoisotopic (exact) mass is 251 g/mol. The first-order valence-electron chi connectivity index (χ1n) is 4.28. The summed E-state index contributed by atoms with van der Waals surface area (Å²) in [5, 5.41) is 14.3. The quantitative estimate of drug-likeness (QED) is 0.763. The molecule has 0 atom stereocenters. The second-order valence-electron chi connectivity index (χ2n) is 2.90. The number of hydrogen-bond donors (Lipinski definition) is 0. The standard InChI is InChI=1S/C9H6ClN5S/c1-15-9(12-5-13-15)16-8-3-6(4-11)2-7(10)14-8/h2-3,5H,1H3. The highest BCUT2D eigenvalue weighted by Crippen LogP contribution is 2.25. The molecular weight excluding hydrogens is 246 g/mol. The topological polar surface area (TPSA) is 67.4 Å². The lowest BCUT2D eigenvalue weighted by atomic mass is 10.3. The van der Waals surface area contributed by atoms with Crippen LogP contribution >= 0.6 is 23.4 Å². The van der Waals surface area contributed by atoms with Gasteiger partial charge in [0.1, 0.15) is 16.5 Å². The van der Waals surface area contributed by atoms with E-state index in [1.54, 1.807) is 17.8 Å². The molecule has 0 unspecified atom stereocenters. The van der Waals surface area contributed by atoms with E-state index in [-0.39, 0.29) is 0 Å². The van der Waals surface area contributed by atoms with Gasteiger partial charge in [0.25, 0.3) is 0 Å². The molecule has 0 aliphatic heterocycles. The zero-order valence-electron chi connectivity index (χ0n) is 8.25. The maximum absolute atomic E-state index is 8.79. The Morgan fingerprint density at radius 2 is 2.31 bits per heavy atom. The summed E-state index contributed by atoms with van der Waals surface area (Å²) in [4.78, 5) is 8.14. The van der Waals surface area contributed by atoms with E-state index < -0.39 is 0 Å². The molecule has 2 aromatic heterocycles. The predicted octanol–water partition coefficient (Wildman–Crippen LogP) is 1.89. The van der Waals surface area contributed by atoms with Crippen LogP contribution in [0.1, 0.15) is 5.56 Å². The number of nitriles is 1. The maximum Gasteiger partial charge on any atom is 0.192 e. The Balaban J connectivity index is 2.32. The van der Waals surface area contributed by atoms with Crippen molar-refractivity contribution in [2.45, 2.75) is 10.2 Å². The zero-order chi connectivity index (χ0) is 11.5. The Labute approximate surface area is 101 Å². The lowest BCUT2D eigenvalue weighted by molar-refractivity contribution is 0.684. The van der Waals surface area contributed by atoms with Crippen molar-refractivity contribution in [2.24, 2.45) is 7.05 Å². The van der Waals surface area contributed by atoms with Crippen LogP contribution in [0.4, 0.5) is 0 Å². The summed E-state index contributed by atoms with van der Waals surface area (Å²) in [7, 11) is 1.78. The van der Waals surface area contributed by atoms with Crippen LogP contribution in [0.25, 0.3) is 0 Å². The van der Waals surface area contributed by atoms with E-state index in [9.17, 15) is 0 Å². The summed E-state index contributed by atoms with van der Waals surface area (Å²) in [5.41, 5.74) is 0.477. The van der Waals surface area contributed by atoms with Gasteiger partial charge in [-0.3, -0.25) is 0 Å². The number of pyridine rings is 1. The maximum atomic E-state index is 8.79. The zero-order valence-corrected chi connectivity index (χ0v) is 9.83. The number of hydrogen-bond acceptors (Lipinski definition) is 5. The van der Waals surface area contributed by atoms with E-state index in [1.807, 2.05) is 6.07 Å². The minimum atomic E-state index is 0.295. The van der Waals surface area contributed by atoms with Gasteiger partial charge >= 0.3 is 0 Å². The van der Waals surface area contributed by atoms with E-state index >= 15 is 0 Å². The summed E-state index contributed by atoms with van der Waals surface area (Å²) in [6, 6.07) is 5.20. The molecule has 80 valence electrons. The number of nitrogens with zero attached hydrogens (tertiary/aromatic N) is 5.